The van der Waals surface area contributed by atoms with E-state index in [9.17, 15) is 0 Å². The third-order valence-corrected chi connectivity index (χ3v) is 5.96. The summed E-state index contributed by atoms with van der Waals surface area (Å²) in [5, 5.41) is 2.75. The summed E-state index contributed by atoms with van der Waals surface area (Å²) < 4.78 is 0. The van der Waals surface area contributed by atoms with E-state index in [1.54, 1.807) is 6.08 Å². The Morgan fingerprint density at radius 2 is 1.11 bits per heavy atom. The van der Waals surface area contributed by atoms with Gasteiger partial charge in [-0.3, -0.25) is 0 Å². The van der Waals surface area contributed by atoms with Crippen LogP contribution in [-0.4, -0.2) is 20.9 Å². The van der Waals surface area contributed by atoms with Crippen molar-refractivity contribution in [2.24, 2.45) is 23.7 Å². The lowest BCUT2D eigenvalue weighted by atomic mass is 9.83. The molecule has 0 aliphatic heterocycles. The highest BCUT2D eigenvalue weighted by atomic mass is 16.1. The number of unbranched alkanes of at least 4 members (excludes halogenated alkanes) is 1. The zero-order valence-electron chi connectivity index (χ0n) is 28.1. The van der Waals surface area contributed by atoms with Gasteiger partial charge in [-0.2, -0.15) is 0 Å². The van der Waals surface area contributed by atoms with Crippen LogP contribution in [0.4, 0.5) is 0 Å². The van der Waals surface area contributed by atoms with Gasteiger partial charge in [-0.25, -0.2) is 0 Å². The molecule has 0 aromatic rings. The number of carbonyl (C=O) groups is 1. The molecule has 0 aromatic heterocycles. The standard InChI is InChI=1S/C22H40.C4H10.C3H8.C3H6.C2H7N.CH2O/c1-9-17(3)11-13-19(5)21(7)15-16-22(8)20(6)14-12-18(4)10-2;1-3-4-2;3*1-3-2;1-2/h11,13,18,20-22H,3,5,9-10,12,14-16H2,1-2,4,6-8H3;3-4H2,1-2H3;3H2,1-2H3;3H,1H2,2H3;3H,1-2H3;1H2/b13-11-;;;;;. The SMILES string of the molecule is C=C(/C=C\C(=C)C(C)CCC(C)C(C)CCC(C)CC)CC.C=CC.C=O.CCC.CCCC.CNC. The lowest BCUT2D eigenvalue weighted by molar-refractivity contribution is -0.0980. The summed E-state index contributed by atoms with van der Waals surface area (Å²) in [7, 11) is 3.75. The fourth-order valence-electron chi connectivity index (χ4n) is 2.53. The number of carbonyl (C=O) groups excluding carboxylic acids is 1. The van der Waals surface area contributed by atoms with Crippen LogP contribution in [0.3, 0.4) is 0 Å². The Morgan fingerprint density at radius 3 is 1.41 bits per heavy atom. The van der Waals surface area contributed by atoms with Crippen molar-refractivity contribution in [3.05, 3.63) is 49.1 Å². The molecule has 0 aliphatic carbocycles. The number of nitrogens with one attached hydrogen (secondary N) is 1. The maximum Gasteiger partial charge on any atom is 0.106 e. The highest BCUT2D eigenvalue weighted by Gasteiger charge is 2.15. The molecule has 1 N–H and O–H groups in total. The monoisotopic (exact) mass is 524 g/mol. The predicted octanol–water partition coefficient (Wildman–Crippen LogP) is 11.6. The number of hydrogen-bond donors (Lipinski definition) is 1. The third-order valence-electron chi connectivity index (χ3n) is 5.96. The maximum absolute atomic E-state index is 8.00. The fraction of sp³-hybridized carbons (Fsp3) is 0.743. The highest BCUT2D eigenvalue weighted by molar-refractivity contribution is 5.25. The molecule has 0 amide bonds. The molecule has 0 aliphatic rings. The molecular weight excluding hydrogens is 450 g/mol. The van der Waals surface area contributed by atoms with Crippen LogP contribution in [0.2, 0.25) is 0 Å². The molecule has 4 atom stereocenters. The minimum Gasteiger partial charge on any atom is -0.323 e. The van der Waals surface area contributed by atoms with E-state index < -0.39 is 0 Å². The van der Waals surface area contributed by atoms with E-state index in [4.69, 9.17) is 4.79 Å². The number of hydrogen-bond acceptors (Lipinski definition) is 2. The van der Waals surface area contributed by atoms with Crippen LogP contribution in [0, 0.1) is 23.7 Å². The average molecular weight is 524 g/mol. The lowest BCUT2D eigenvalue weighted by Crippen LogP contribution is -2.11. The predicted molar refractivity (Wildman–Crippen MR) is 178 cm³/mol. The Hall–Kier alpha value is -1.41. The van der Waals surface area contributed by atoms with Crippen molar-refractivity contribution < 1.29 is 4.79 Å². The van der Waals surface area contributed by atoms with E-state index in [2.05, 4.69) is 106 Å². The molecule has 0 bridgehead atoms. The fourth-order valence-corrected chi connectivity index (χ4v) is 2.53. The van der Waals surface area contributed by atoms with Crippen molar-refractivity contribution in [1.29, 1.82) is 0 Å². The first-order chi connectivity index (χ1) is 17.5. The van der Waals surface area contributed by atoms with E-state index in [-0.39, 0.29) is 0 Å². The van der Waals surface area contributed by atoms with E-state index in [0.29, 0.717) is 5.92 Å². The molecule has 0 rings (SSSR count). The first kappa shape index (κ1) is 48.6. The second kappa shape index (κ2) is 44.6. The van der Waals surface area contributed by atoms with Crippen LogP contribution in [0.1, 0.15) is 134 Å². The Labute approximate surface area is 237 Å². The summed E-state index contributed by atoms with van der Waals surface area (Å²) in [5.74, 6) is 3.11. The molecule has 0 heterocycles. The van der Waals surface area contributed by atoms with E-state index in [1.165, 1.54) is 62.5 Å². The van der Waals surface area contributed by atoms with Crippen LogP contribution in [0.15, 0.2) is 49.1 Å². The van der Waals surface area contributed by atoms with Gasteiger partial charge in [-0.15, -0.1) is 6.58 Å². The normalized spacial score (nSPS) is 12.5. The van der Waals surface area contributed by atoms with Crippen LogP contribution in [0.5, 0.6) is 0 Å². The van der Waals surface area contributed by atoms with E-state index >= 15 is 0 Å². The van der Waals surface area contributed by atoms with Gasteiger partial charge in [0.1, 0.15) is 6.79 Å². The van der Waals surface area contributed by atoms with Crippen LogP contribution in [-0.2, 0) is 4.79 Å². The van der Waals surface area contributed by atoms with Crippen molar-refractivity contribution in [2.45, 2.75) is 134 Å². The van der Waals surface area contributed by atoms with Crippen LogP contribution in [0.25, 0.3) is 0 Å². The largest absolute Gasteiger partial charge is 0.323 e. The summed E-state index contributed by atoms with van der Waals surface area (Å²) in [6, 6.07) is 0. The Kier molecular flexibility index (Phi) is 58.6. The molecule has 37 heavy (non-hydrogen) atoms. The molecule has 2 heteroatoms. The summed E-state index contributed by atoms with van der Waals surface area (Å²) in [6.45, 7) is 38.1. The highest BCUT2D eigenvalue weighted by Crippen LogP contribution is 2.27. The second-order valence-corrected chi connectivity index (χ2v) is 10.1. The van der Waals surface area contributed by atoms with Crippen LogP contribution >= 0.6 is 0 Å². The average Bonchev–Trinajstić information content (AvgIpc) is 2.90. The van der Waals surface area contributed by atoms with Gasteiger partial charge in [0.05, 0.1) is 0 Å². The van der Waals surface area contributed by atoms with Gasteiger partial charge >= 0.3 is 0 Å². The van der Waals surface area contributed by atoms with Gasteiger partial charge in [-0.05, 0) is 64.0 Å². The van der Waals surface area contributed by atoms with Gasteiger partial charge in [-0.1, -0.05) is 150 Å². The van der Waals surface area contributed by atoms with Crippen LogP contribution < -0.4 is 5.32 Å². The number of allylic oxidation sites excluding steroid dienone is 5. The van der Waals surface area contributed by atoms with E-state index in [0.717, 1.165) is 24.2 Å². The first-order valence-electron chi connectivity index (χ1n) is 15.0. The Balaban J connectivity index is -0.000000131. The molecule has 0 spiro atoms. The van der Waals surface area contributed by atoms with Gasteiger partial charge in [0.25, 0.3) is 0 Å². The Morgan fingerprint density at radius 1 is 0.757 bits per heavy atom. The second-order valence-electron chi connectivity index (χ2n) is 10.1. The molecule has 0 fully saturated rings. The molecule has 0 aromatic carbocycles. The Bertz CT molecular complexity index is 462. The summed E-state index contributed by atoms with van der Waals surface area (Å²) >= 11 is 0. The molecule has 0 saturated heterocycles. The minimum atomic E-state index is 0.574. The zero-order chi connectivity index (χ0) is 30.7. The summed E-state index contributed by atoms with van der Waals surface area (Å²) in [6.07, 6.45) is 17.6. The molecule has 4 unspecified atom stereocenters. The van der Waals surface area contributed by atoms with Gasteiger partial charge in [0.2, 0.25) is 0 Å². The van der Waals surface area contributed by atoms with Gasteiger partial charge in [0, 0.05) is 0 Å². The maximum atomic E-state index is 8.00. The third kappa shape index (κ3) is 52.0. The summed E-state index contributed by atoms with van der Waals surface area (Å²) in [5.41, 5.74) is 2.43. The molecule has 224 valence electrons. The zero-order valence-corrected chi connectivity index (χ0v) is 28.1. The minimum absolute atomic E-state index is 0.574. The van der Waals surface area contributed by atoms with Crippen molar-refractivity contribution >= 4 is 6.79 Å². The lowest BCUT2D eigenvalue weighted by Gasteiger charge is -2.23. The van der Waals surface area contributed by atoms with Gasteiger partial charge < -0.3 is 10.1 Å². The first-order valence-corrected chi connectivity index (χ1v) is 15.0. The molecule has 0 radical (unpaired) electrons. The molecule has 0 saturated carbocycles. The molecule has 2 nitrogen and oxygen atoms in total. The summed E-state index contributed by atoms with van der Waals surface area (Å²) in [4.78, 5) is 8.00. The van der Waals surface area contributed by atoms with E-state index in [1.807, 2.05) is 27.8 Å². The quantitative estimate of drug-likeness (QED) is 0.192. The number of rotatable bonds is 13. The van der Waals surface area contributed by atoms with Crippen molar-refractivity contribution in [3.63, 3.8) is 0 Å². The van der Waals surface area contributed by atoms with Crippen molar-refractivity contribution in [1.82, 2.24) is 5.32 Å². The topological polar surface area (TPSA) is 29.1 Å². The van der Waals surface area contributed by atoms with Crippen molar-refractivity contribution in [3.8, 4) is 0 Å². The van der Waals surface area contributed by atoms with Crippen molar-refractivity contribution in [2.75, 3.05) is 14.1 Å². The smallest absolute Gasteiger partial charge is 0.106 e. The van der Waals surface area contributed by atoms with Gasteiger partial charge in [0.15, 0.2) is 0 Å². The molecular formula is C35H73NO.